The van der Waals surface area contributed by atoms with Crippen molar-refractivity contribution in [2.75, 3.05) is 11.9 Å². The fourth-order valence-corrected chi connectivity index (χ4v) is 2.84. The first-order chi connectivity index (χ1) is 12.2. The van der Waals surface area contributed by atoms with Crippen molar-refractivity contribution in [2.45, 2.75) is 13.5 Å². The van der Waals surface area contributed by atoms with Gasteiger partial charge in [-0.3, -0.25) is 10.1 Å². The minimum absolute atomic E-state index is 0.107. The minimum atomic E-state index is -0.257. The highest BCUT2D eigenvalue weighted by atomic mass is 32.1. The molecule has 1 heterocycles. The van der Waals surface area contributed by atoms with Crippen molar-refractivity contribution in [3.8, 4) is 11.5 Å². The number of aryl methyl sites for hydroxylation is 1. The number of thiazole rings is 1. The lowest BCUT2D eigenvalue weighted by molar-refractivity contribution is -0.118. The van der Waals surface area contributed by atoms with Crippen LogP contribution in [0, 0.1) is 6.92 Å². The summed E-state index contributed by atoms with van der Waals surface area (Å²) < 4.78 is 11.4. The number of hydrogen-bond acceptors (Lipinski definition) is 5. The molecular formula is C19H18N2O3S. The van der Waals surface area contributed by atoms with Gasteiger partial charge in [0.2, 0.25) is 0 Å². The summed E-state index contributed by atoms with van der Waals surface area (Å²) in [5.74, 6) is 0.875. The van der Waals surface area contributed by atoms with Crippen molar-refractivity contribution in [2.24, 2.45) is 0 Å². The second kappa shape index (κ2) is 8.30. The number of rotatable bonds is 7. The number of nitrogens with one attached hydrogen (secondary N) is 1. The number of para-hydroxylation sites is 2. The van der Waals surface area contributed by atoms with Crippen molar-refractivity contribution >= 4 is 22.4 Å². The van der Waals surface area contributed by atoms with Crippen LogP contribution in [0.15, 0.2) is 60.0 Å². The Morgan fingerprint density at radius 2 is 1.72 bits per heavy atom. The summed E-state index contributed by atoms with van der Waals surface area (Å²) in [4.78, 5) is 16.2. The number of amides is 1. The molecule has 3 rings (SSSR count). The Morgan fingerprint density at radius 1 is 1.04 bits per heavy atom. The smallest absolute Gasteiger partial charge is 0.264 e. The molecule has 0 aliphatic carbocycles. The molecule has 6 heteroatoms. The molecule has 0 saturated heterocycles. The van der Waals surface area contributed by atoms with Crippen LogP contribution in [0.5, 0.6) is 11.5 Å². The van der Waals surface area contributed by atoms with Crippen LogP contribution in [0.2, 0.25) is 0 Å². The second-order valence-electron chi connectivity index (χ2n) is 5.35. The first-order valence-electron chi connectivity index (χ1n) is 7.81. The lowest BCUT2D eigenvalue weighted by Crippen LogP contribution is -2.20. The van der Waals surface area contributed by atoms with Gasteiger partial charge in [-0.1, -0.05) is 42.5 Å². The Labute approximate surface area is 150 Å². The fraction of sp³-hybridized carbons (Fsp3) is 0.158. The fourth-order valence-electron chi connectivity index (χ4n) is 2.13. The Hall–Kier alpha value is -2.86. The number of nitrogens with zero attached hydrogens (tertiary/aromatic N) is 1. The van der Waals surface area contributed by atoms with E-state index in [-0.39, 0.29) is 12.5 Å². The van der Waals surface area contributed by atoms with Gasteiger partial charge in [-0.15, -0.1) is 11.3 Å². The van der Waals surface area contributed by atoms with Gasteiger partial charge in [-0.25, -0.2) is 4.98 Å². The molecule has 0 fully saturated rings. The highest BCUT2D eigenvalue weighted by molar-refractivity contribution is 7.13. The third-order valence-corrected chi connectivity index (χ3v) is 4.19. The molecule has 1 amide bonds. The predicted octanol–water partition coefficient (Wildman–Crippen LogP) is 4.05. The van der Waals surface area contributed by atoms with E-state index in [4.69, 9.17) is 9.47 Å². The van der Waals surface area contributed by atoms with Gasteiger partial charge in [-0.05, 0) is 24.6 Å². The summed E-state index contributed by atoms with van der Waals surface area (Å²) in [6, 6.07) is 17.2. The van der Waals surface area contributed by atoms with E-state index in [1.807, 2.05) is 60.8 Å². The zero-order chi connectivity index (χ0) is 17.5. The van der Waals surface area contributed by atoms with Crippen molar-refractivity contribution in [1.82, 2.24) is 4.98 Å². The number of benzene rings is 2. The van der Waals surface area contributed by atoms with E-state index in [0.29, 0.717) is 23.2 Å². The van der Waals surface area contributed by atoms with E-state index in [1.54, 1.807) is 6.07 Å². The van der Waals surface area contributed by atoms with Crippen LogP contribution in [0.4, 0.5) is 5.13 Å². The average molecular weight is 354 g/mol. The number of anilines is 1. The Morgan fingerprint density at radius 3 is 2.40 bits per heavy atom. The van der Waals surface area contributed by atoms with Crippen LogP contribution in [-0.4, -0.2) is 17.5 Å². The van der Waals surface area contributed by atoms with Crippen LogP contribution in [-0.2, 0) is 11.4 Å². The Kier molecular flexibility index (Phi) is 5.64. The van der Waals surface area contributed by atoms with E-state index >= 15 is 0 Å². The quantitative estimate of drug-likeness (QED) is 0.695. The maximum absolute atomic E-state index is 12.0. The molecule has 0 radical (unpaired) electrons. The lowest BCUT2D eigenvalue weighted by atomic mass is 10.2. The standard InChI is InChI=1S/C19H18N2O3S/c1-14-13-25-19(20-14)21-18(22)12-24-17-10-6-5-9-16(17)23-11-15-7-3-2-4-8-15/h2-10,13H,11-12H2,1H3,(H,20,21,22). The van der Waals surface area contributed by atoms with Gasteiger partial charge in [0.05, 0.1) is 5.69 Å². The molecule has 0 unspecified atom stereocenters. The van der Waals surface area contributed by atoms with Crippen molar-refractivity contribution in [1.29, 1.82) is 0 Å². The van der Waals surface area contributed by atoms with E-state index in [9.17, 15) is 4.79 Å². The molecule has 5 nitrogen and oxygen atoms in total. The summed E-state index contributed by atoms with van der Waals surface area (Å²) in [5.41, 5.74) is 1.94. The molecular weight excluding hydrogens is 336 g/mol. The van der Waals surface area contributed by atoms with Gasteiger partial charge < -0.3 is 9.47 Å². The monoisotopic (exact) mass is 354 g/mol. The molecule has 1 N–H and O–H groups in total. The normalized spacial score (nSPS) is 10.3. The highest BCUT2D eigenvalue weighted by Gasteiger charge is 2.09. The molecule has 2 aromatic carbocycles. The molecule has 0 spiro atoms. The number of hydrogen-bond donors (Lipinski definition) is 1. The molecule has 0 aliphatic rings. The third-order valence-electron chi connectivity index (χ3n) is 3.31. The zero-order valence-corrected chi connectivity index (χ0v) is 14.6. The lowest BCUT2D eigenvalue weighted by Gasteiger charge is -2.12. The van der Waals surface area contributed by atoms with Crippen molar-refractivity contribution in [3.63, 3.8) is 0 Å². The summed E-state index contributed by atoms with van der Waals surface area (Å²) in [5, 5.41) is 5.16. The maximum Gasteiger partial charge on any atom is 0.264 e. The summed E-state index contributed by atoms with van der Waals surface area (Å²) in [6.07, 6.45) is 0. The molecule has 0 bridgehead atoms. The van der Waals surface area contributed by atoms with E-state index in [0.717, 1.165) is 11.3 Å². The molecule has 25 heavy (non-hydrogen) atoms. The minimum Gasteiger partial charge on any atom is -0.485 e. The number of carbonyl (C=O) groups excluding carboxylic acids is 1. The van der Waals surface area contributed by atoms with Gasteiger partial charge >= 0.3 is 0 Å². The van der Waals surface area contributed by atoms with Crippen LogP contribution in [0.25, 0.3) is 0 Å². The van der Waals surface area contributed by atoms with E-state index in [2.05, 4.69) is 10.3 Å². The first kappa shape index (κ1) is 17.0. The maximum atomic E-state index is 12.0. The topological polar surface area (TPSA) is 60.5 Å². The second-order valence-corrected chi connectivity index (χ2v) is 6.21. The predicted molar refractivity (Wildman–Crippen MR) is 98.2 cm³/mol. The van der Waals surface area contributed by atoms with Gasteiger partial charge in [-0.2, -0.15) is 0 Å². The SMILES string of the molecule is Cc1csc(NC(=O)COc2ccccc2OCc2ccccc2)n1. The van der Waals surface area contributed by atoms with E-state index < -0.39 is 0 Å². The van der Waals surface area contributed by atoms with Gasteiger partial charge in [0, 0.05) is 5.38 Å². The van der Waals surface area contributed by atoms with Gasteiger partial charge in [0.1, 0.15) is 6.61 Å². The summed E-state index contributed by atoms with van der Waals surface area (Å²) in [6.45, 7) is 2.21. The Balaban J connectivity index is 1.56. The third kappa shape index (κ3) is 5.06. The molecule has 3 aromatic rings. The van der Waals surface area contributed by atoms with Crippen molar-refractivity contribution < 1.29 is 14.3 Å². The molecule has 0 saturated carbocycles. The first-order valence-corrected chi connectivity index (χ1v) is 8.69. The van der Waals surface area contributed by atoms with E-state index in [1.165, 1.54) is 11.3 Å². The molecule has 1 aromatic heterocycles. The number of aromatic nitrogens is 1. The van der Waals surface area contributed by atoms with Gasteiger partial charge in [0.25, 0.3) is 5.91 Å². The van der Waals surface area contributed by atoms with Crippen LogP contribution >= 0.6 is 11.3 Å². The molecule has 0 aliphatic heterocycles. The highest BCUT2D eigenvalue weighted by Crippen LogP contribution is 2.27. The molecule has 0 atom stereocenters. The van der Waals surface area contributed by atoms with Gasteiger partial charge in [0.15, 0.2) is 23.2 Å². The van der Waals surface area contributed by atoms with Crippen LogP contribution in [0.1, 0.15) is 11.3 Å². The zero-order valence-electron chi connectivity index (χ0n) is 13.8. The number of ether oxygens (including phenoxy) is 2. The Bertz CT molecular complexity index is 833. The van der Waals surface area contributed by atoms with Crippen molar-refractivity contribution in [3.05, 3.63) is 71.2 Å². The summed E-state index contributed by atoms with van der Waals surface area (Å²) >= 11 is 1.39. The largest absolute Gasteiger partial charge is 0.485 e. The number of carbonyl (C=O) groups is 1. The summed E-state index contributed by atoms with van der Waals surface area (Å²) in [7, 11) is 0. The average Bonchev–Trinajstić information content (AvgIpc) is 3.04. The van der Waals surface area contributed by atoms with Crippen LogP contribution < -0.4 is 14.8 Å². The molecule has 128 valence electrons. The van der Waals surface area contributed by atoms with Crippen LogP contribution in [0.3, 0.4) is 0 Å².